The van der Waals surface area contributed by atoms with Crippen molar-refractivity contribution in [2.24, 2.45) is 5.92 Å². The summed E-state index contributed by atoms with van der Waals surface area (Å²) in [6.07, 6.45) is 8.01. The Morgan fingerprint density at radius 3 is 2.90 bits per heavy atom. The van der Waals surface area contributed by atoms with E-state index in [1.165, 1.54) is 32.1 Å². The first kappa shape index (κ1) is 14.0. The highest BCUT2D eigenvalue weighted by molar-refractivity contribution is 5.73. The van der Waals surface area contributed by atoms with E-state index in [1.54, 1.807) is 0 Å². The predicted molar refractivity (Wildman–Crippen MR) is 83.6 cm³/mol. The highest BCUT2D eigenvalue weighted by atomic mass is 15.5. The number of nitrogens with zero attached hydrogens (tertiary/aromatic N) is 4. The van der Waals surface area contributed by atoms with Crippen LogP contribution in [0.1, 0.15) is 44.1 Å². The second-order valence-electron chi connectivity index (χ2n) is 6.05. The Labute approximate surface area is 125 Å². The number of aromatic nitrogens is 4. The van der Waals surface area contributed by atoms with Crippen molar-refractivity contribution in [1.29, 1.82) is 0 Å². The largest absolute Gasteiger partial charge is 0.398 e. The molecule has 1 saturated carbocycles. The van der Waals surface area contributed by atoms with E-state index in [4.69, 9.17) is 5.73 Å². The van der Waals surface area contributed by atoms with Crippen LogP contribution in [-0.2, 0) is 6.54 Å². The summed E-state index contributed by atoms with van der Waals surface area (Å²) >= 11 is 0. The lowest BCUT2D eigenvalue weighted by Crippen LogP contribution is -2.06. The van der Waals surface area contributed by atoms with Gasteiger partial charge in [-0.3, -0.25) is 0 Å². The topological polar surface area (TPSA) is 69.6 Å². The van der Waals surface area contributed by atoms with Gasteiger partial charge in [0.15, 0.2) is 5.82 Å². The number of aryl methyl sites for hydroxylation is 2. The first-order chi connectivity index (χ1) is 10.3. The average molecular weight is 285 g/mol. The summed E-state index contributed by atoms with van der Waals surface area (Å²) in [5.41, 5.74) is 8.92. The van der Waals surface area contributed by atoms with Crippen molar-refractivity contribution < 1.29 is 0 Å². The van der Waals surface area contributed by atoms with Gasteiger partial charge in [-0.25, -0.2) is 4.68 Å². The second-order valence-corrected chi connectivity index (χ2v) is 6.05. The van der Waals surface area contributed by atoms with E-state index >= 15 is 0 Å². The van der Waals surface area contributed by atoms with Crippen molar-refractivity contribution in [1.82, 2.24) is 20.2 Å². The van der Waals surface area contributed by atoms with Crippen LogP contribution in [0.15, 0.2) is 18.2 Å². The number of benzene rings is 1. The number of para-hydroxylation sites is 1. The van der Waals surface area contributed by atoms with E-state index in [0.717, 1.165) is 41.5 Å². The molecule has 112 valence electrons. The second kappa shape index (κ2) is 6.24. The molecule has 0 aliphatic heterocycles. The first-order valence-electron chi connectivity index (χ1n) is 7.87. The fourth-order valence-corrected chi connectivity index (χ4v) is 3.25. The van der Waals surface area contributed by atoms with Crippen LogP contribution in [-0.4, -0.2) is 20.2 Å². The van der Waals surface area contributed by atoms with Crippen molar-refractivity contribution in [3.05, 3.63) is 23.8 Å². The third-order valence-corrected chi connectivity index (χ3v) is 4.55. The maximum Gasteiger partial charge on any atom is 0.184 e. The molecule has 2 aromatic rings. The molecule has 1 heterocycles. The molecule has 2 N–H and O–H groups in total. The highest BCUT2D eigenvalue weighted by Crippen LogP contribution is 2.29. The fraction of sp³-hybridized carbons (Fsp3) is 0.562. The van der Waals surface area contributed by atoms with E-state index < -0.39 is 0 Å². The van der Waals surface area contributed by atoms with Gasteiger partial charge in [-0.1, -0.05) is 37.8 Å². The minimum atomic E-state index is 0.768. The van der Waals surface area contributed by atoms with Crippen LogP contribution >= 0.6 is 0 Å². The average Bonchev–Trinajstić information content (AvgIpc) is 3.14. The van der Waals surface area contributed by atoms with Crippen molar-refractivity contribution in [2.45, 2.75) is 52.0 Å². The maximum absolute atomic E-state index is 6.16. The third kappa shape index (κ3) is 3.06. The van der Waals surface area contributed by atoms with Crippen molar-refractivity contribution in [2.75, 3.05) is 5.73 Å². The zero-order chi connectivity index (χ0) is 14.7. The lowest BCUT2D eigenvalue weighted by Gasteiger charge is -2.10. The molecule has 1 aliphatic carbocycles. The Hall–Kier alpha value is -1.91. The summed E-state index contributed by atoms with van der Waals surface area (Å²) in [6, 6.07) is 5.99. The lowest BCUT2D eigenvalue weighted by atomic mass is 10.0. The molecule has 1 aromatic carbocycles. The molecule has 0 amide bonds. The van der Waals surface area contributed by atoms with Gasteiger partial charge < -0.3 is 5.73 Å². The molecule has 5 heteroatoms. The van der Waals surface area contributed by atoms with Crippen LogP contribution in [0.25, 0.3) is 11.4 Å². The number of anilines is 1. The normalized spacial score (nSPS) is 15.7. The van der Waals surface area contributed by atoms with Gasteiger partial charge in [-0.05, 0) is 47.7 Å². The molecule has 0 atom stereocenters. The maximum atomic E-state index is 6.16. The smallest absolute Gasteiger partial charge is 0.184 e. The number of rotatable bonds is 5. The minimum Gasteiger partial charge on any atom is -0.398 e. The van der Waals surface area contributed by atoms with E-state index in [1.807, 2.05) is 29.8 Å². The zero-order valence-electron chi connectivity index (χ0n) is 12.6. The molecule has 1 fully saturated rings. The molecule has 3 rings (SSSR count). The molecule has 5 nitrogen and oxygen atoms in total. The number of nitrogen functional groups attached to an aromatic ring is 1. The molecule has 21 heavy (non-hydrogen) atoms. The Morgan fingerprint density at radius 2 is 2.10 bits per heavy atom. The monoisotopic (exact) mass is 285 g/mol. The number of hydrogen-bond donors (Lipinski definition) is 1. The first-order valence-corrected chi connectivity index (χ1v) is 7.87. The standard InChI is InChI=1S/C16H23N5/c1-12-6-4-10-14(15(12)17)16-18-19-20-21(16)11-5-9-13-7-2-3-8-13/h4,6,10,13H,2-3,5,7-9,11,17H2,1H3. The van der Waals surface area contributed by atoms with Crippen LogP contribution in [0.4, 0.5) is 5.69 Å². The number of tetrazole rings is 1. The fourth-order valence-electron chi connectivity index (χ4n) is 3.25. The van der Waals surface area contributed by atoms with Gasteiger partial charge in [0, 0.05) is 17.8 Å². The summed E-state index contributed by atoms with van der Waals surface area (Å²) in [5.74, 6) is 1.69. The van der Waals surface area contributed by atoms with Crippen LogP contribution in [0.3, 0.4) is 0 Å². The van der Waals surface area contributed by atoms with Gasteiger partial charge in [0.25, 0.3) is 0 Å². The summed E-state index contributed by atoms with van der Waals surface area (Å²) in [7, 11) is 0. The van der Waals surface area contributed by atoms with Gasteiger partial charge in [0.1, 0.15) is 0 Å². The third-order valence-electron chi connectivity index (χ3n) is 4.55. The summed E-state index contributed by atoms with van der Waals surface area (Å²) < 4.78 is 1.89. The Morgan fingerprint density at radius 1 is 1.29 bits per heavy atom. The van der Waals surface area contributed by atoms with Crippen LogP contribution in [0, 0.1) is 12.8 Å². The van der Waals surface area contributed by atoms with Gasteiger partial charge >= 0.3 is 0 Å². The van der Waals surface area contributed by atoms with Crippen molar-refractivity contribution in [3.8, 4) is 11.4 Å². The van der Waals surface area contributed by atoms with E-state index in [0.29, 0.717) is 0 Å². The highest BCUT2D eigenvalue weighted by Gasteiger charge is 2.16. The lowest BCUT2D eigenvalue weighted by molar-refractivity contribution is 0.444. The Balaban J connectivity index is 1.70. The molecule has 0 unspecified atom stereocenters. The predicted octanol–water partition coefficient (Wildman–Crippen LogP) is 3.20. The van der Waals surface area contributed by atoms with Crippen LogP contribution in [0.2, 0.25) is 0 Å². The number of hydrogen-bond acceptors (Lipinski definition) is 4. The van der Waals surface area contributed by atoms with Crippen LogP contribution in [0.5, 0.6) is 0 Å². The number of nitrogens with two attached hydrogens (primary N) is 1. The molecule has 0 saturated heterocycles. The molecular weight excluding hydrogens is 262 g/mol. The Kier molecular flexibility index (Phi) is 4.18. The minimum absolute atomic E-state index is 0.768. The van der Waals surface area contributed by atoms with Gasteiger partial charge in [0.05, 0.1) is 0 Å². The van der Waals surface area contributed by atoms with E-state index in [2.05, 4.69) is 15.5 Å². The van der Waals surface area contributed by atoms with Crippen LogP contribution < -0.4 is 5.73 Å². The molecule has 0 spiro atoms. The Bertz CT molecular complexity index is 598. The molecule has 1 aromatic heterocycles. The zero-order valence-corrected chi connectivity index (χ0v) is 12.6. The summed E-state index contributed by atoms with van der Waals surface area (Å²) in [6.45, 7) is 2.87. The SMILES string of the molecule is Cc1cccc(-c2nnnn2CCCC2CCCC2)c1N. The van der Waals surface area contributed by atoms with Gasteiger partial charge in [-0.15, -0.1) is 5.10 Å². The summed E-state index contributed by atoms with van der Waals surface area (Å²) in [5, 5.41) is 12.1. The summed E-state index contributed by atoms with van der Waals surface area (Å²) in [4.78, 5) is 0. The van der Waals surface area contributed by atoms with Gasteiger partial charge in [0.2, 0.25) is 0 Å². The molecule has 0 radical (unpaired) electrons. The van der Waals surface area contributed by atoms with Gasteiger partial charge in [-0.2, -0.15) is 0 Å². The molecule has 1 aliphatic rings. The molecular formula is C16H23N5. The quantitative estimate of drug-likeness (QED) is 0.856. The van der Waals surface area contributed by atoms with E-state index in [9.17, 15) is 0 Å². The van der Waals surface area contributed by atoms with Crippen molar-refractivity contribution in [3.63, 3.8) is 0 Å². The van der Waals surface area contributed by atoms with E-state index in [-0.39, 0.29) is 0 Å². The van der Waals surface area contributed by atoms with Crippen molar-refractivity contribution >= 4 is 5.69 Å². The molecule has 0 bridgehead atoms.